The van der Waals surface area contributed by atoms with Crippen molar-refractivity contribution < 1.29 is 4.79 Å². The smallest absolute Gasteiger partial charge is 0.234 e. The van der Waals surface area contributed by atoms with E-state index in [4.69, 9.17) is 5.73 Å². The third-order valence-electron chi connectivity index (χ3n) is 3.94. The highest BCUT2D eigenvalue weighted by atomic mass is 16.1. The predicted octanol–water partition coefficient (Wildman–Crippen LogP) is 0.502. The minimum Gasteiger partial charge on any atom is -0.368 e. The molecule has 5 nitrogen and oxygen atoms in total. The van der Waals surface area contributed by atoms with Crippen molar-refractivity contribution in [2.75, 3.05) is 40.3 Å². The fourth-order valence-electron chi connectivity index (χ4n) is 2.93. The first-order valence-corrected chi connectivity index (χ1v) is 7.81. The quantitative estimate of drug-likeness (QED) is 0.681. The van der Waals surface area contributed by atoms with Crippen molar-refractivity contribution in [3.63, 3.8) is 0 Å². The predicted molar refractivity (Wildman–Crippen MR) is 83.6 cm³/mol. The Balaban J connectivity index is 2.27. The van der Waals surface area contributed by atoms with Crippen LogP contribution in [0.4, 0.5) is 0 Å². The Labute approximate surface area is 123 Å². The maximum atomic E-state index is 11.4. The molecule has 1 saturated heterocycles. The van der Waals surface area contributed by atoms with Gasteiger partial charge in [-0.05, 0) is 52.4 Å². The van der Waals surface area contributed by atoms with Gasteiger partial charge in [-0.1, -0.05) is 13.8 Å². The average Bonchev–Trinajstić information content (AvgIpc) is 2.34. The molecule has 118 valence electrons. The van der Waals surface area contributed by atoms with E-state index in [2.05, 4.69) is 29.2 Å². The lowest BCUT2D eigenvalue weighted by molar-refractivity contribution is -0.120. The highest BCUT2D eigenvalue weighted by Gasteiger charge is 2.22. The van der Waals surface area contributed by atoms with E-state index >= 15 is 0 Å². The maximum Gasteiger partial charge on any atom is 0.234 e. The number of nitrogens with one attached hydrogen (secondary N) is 1. The van der Waals surface area contributed by atoms with Crippen LogP contribution in [0.2, 0.25) is 0 Å². The molecular weight excluding hydrogens is 252 g/mol. The van der Waals surface area contributed by atoms with Crippen molar-refractivity contribution in [2.24, 2.45) is 11.7 Å². The molecule has 1 fully saturated rings. The molecule has 1 unspecified atom stereocenters. The number of carbonyl (C=O) groups is 1. The highest BCUT2D eigenvalue weighted by Crippen LogP contribution is 2.18. The minimum atomic E-state index is -0.235. The third-order valence-corrected chi connectivity index (χ3v) is 3.94. The van der Waals surface area contributed by atoms with Gasteiger partial charge >= 0.3 is 0 Å². The Hall–Kier alpha value is -0.650. The van der Waals surface area contributed by atoms with Gasteiger partial charge < -0.3 is 20.9 Å². The molecule has 20 heavy (non-hydrogen) atoms. The number of hydrogen-bond acceptors (Lipinski definition) is 4. The second-order valence-electron chi connectivity index (χ2n) is 6.61. The number of carbonyl (C=O) groups excluding carboxylic acids is 1. The summed E-state index contributed by atoms with van der Waals surface area (Å²) in [6.07, 6.45) is 3.33. The summed E-state index contributed by atoms with van der Waals surface area (Å²) < 4.78 is 0. The van der Waals surface area contributed by atoms with E-state index in [-0.39, 0.29) is 11.9 Å². The second kappa shape index (κ2) is 8.60. The van der Waals surface area contributed by atoms with E-state index < -0.39 is 0 Å². The van der Waals surface area contributed by atoms with Gasteiger partial charge in [0.05, 0.1) is 6.04 Å². The van der Waals surface area contributed by atoms with Gasteiger partial charge in [-0.2, -0.15) is 0 Å². The molecule has 1 aliphatic heterocycles. The zero-order valence-corrected chi connectivity index (χ0v) is 13.6. The topological polar surface area (TPSA) is 61.6 Å². The SMILES string of the molecule is CC(C)NC(CCN1CCC(CN(C)C)CC1)C(N)=O. The molecule has 1 rings (SSSR count). The second-order valence-corrected chi connectivity index (χ2v) is 6.61. The van der Waals surface area contributed by atoms with E-state index in [1.165, 1.54) is 19.4 Å². The summed E-state index contributed by atoms with van der Waals surface area (Å²) in [5.41, 5.74) is 5.45. The highest BCUT2D eigenvalue weighted by molar-refractivity contribution is 5.79. The zero-order valence-electron chi connectivity index (χ0n) is 13.6. The Morgan fingerprint density at radius 1 is 1.35 bits per heavy atom. The summed E-state index contributed by atoms with van der Waals surface area (Å²) in [7, 11) is 4.28. The molecule has 1 atom stereocenters. The summed E-state index contributed by atoms with van der Waals surface area (Å²) in [5.74, 6) is 0.586. The summed E-state index contributed by atoms with van der Waals surface area (Å²) in [4.78, 5) is 16.2. The number of piperidine rings is 1. The number of hydrogen-bond donors (Lipinski definition) is 2. The van der Waals surface area contributed by atoms with Gasteiger partial charge in [-0.15, -0.1) is 0 Å². The van der Waals surface area contributed by atoms with Gasteiger partial charge in [0.1, 0.15) is 0 Å². The maximum absolute atomic E-state index is 11.4. The molecule has 1 heterocycles. The molecular formula is C15H32N4O. The summed E-state index contributed by atoms with van der Waals surface area (Å²) in [6.45, 7) is 8.53. The normalized spacial score (nSPS) is 19.7. The average molecular weight is 284 g/mol. The monoisotopic (exact) mass is 284 g/mol. The molecule has 0 spiro atoms. The van der Waals surface area contributed by atoms with E-state index in [0.717, 1.165) is 32.0 Å². The standard InChI is InChI=1S/C15H32N4O/c1-12(2)17-14(15(16)20)7-10-19-8-5-13(6-9-19)11-18(3)4/h12-14,17H,5-11H2,1-4H3,(H2,16,20). The van der Waals surface area contributed by atoms with Gasteiger partial charge in [0.2, 0.25) is 5.91 Å². The van der Waals surface area contributed by atoms with Crippen molar-refractivity contribution in [1.29, 1.82) is 0 Å². The van der Waals surface area contributed by atoms with Crippen LogP contribution in [-0.2, 0) is 4.79 Å². The van der Waals surface area contributed by atoms with E-state index in [0.29, 0.717) is 6.04 Å². The first-order chi connectivity index (χ1) is 9.38. The first-order valence-electron chi connectivity index (χ1n) is 7.81. The van der Waals surface area contributed by atoms with Crippen LogP contribution in [0.15, 0.2) is 0 Å². The van der Waals surface area contributed by atoms with Crippen molar-refractivity contribution in [3.8, 4) is 0 Å². The summed E-state index contributed by atoms with van der Waals surface area (Å²) in [5, 5.41) is 3.25. The number of likely N-dealkylation sites (tertiary alicyclic amines) is 1. The number of rotatable bonds is 8. The lowest BCUT2D eigenvalue weighted by Gasteiger charge is -2.33. The van der Waals surface area contributed by atoms with E-state index in [9.17, 15) is 4.79 Å². The Morgan fingerprint density at radius 3 is 2.40 bits per heavy atom. The lowest BCUT2D eigenvalue weighted by atomic mass is 9.96. The van der Waals surface area contributed by atoms with Crippen LogP contribution in [0.3, 0.4) is 0 Å². The molecule has 0 radical (unpaired) electrons. The van der Waals surface area contributed by atoms with E-state index in [1.807, 2.05) is 13.8 Å². The fraction of sp³-hybridized carbons (Fsp3) is 0.933. The Morgan fingerprint density at radius 2 is 1.95 bits per heavy atom. The van der Waals surface area contributed by atoms with Gasteiger partial charge in [-0.25, -0.2) is 0 Å². The molecule has 1 amide bonds. The molecule has 0 aliphatic carbocycles. The largest absolute Gasteiger partial charge is 0.368 e. The van der Waals surface area contributed by atoms with Crippen molar-refractivity contribution in [1.82, 2.24) is 15.1 Å². The molecule has 5 heteroatoms. The van der Waals surface area contributed by atoms with Crippen LogP contribution >= 0.6 is 0 Å². The van der Waals surface area contributed by atoms with Gasteiger partial charge in [0, 0.05) is 19.1 Å². The molecule has 0 bridgehead atoms. The van der Waals surface area contributed by atoms with Crippen molar-refractivity contribution in [3.05, 3.63) is 0 Å². The van der Waals surface area contributed by atoms with Gasteiger partial charge in [0.15, 0.2) is 0 Å². The van der Waals surface area contributed by atoms with Crippen LogP contribution in [-0.4, -0.2) is 68.1 Å². The number of primary amides is 1. The third kappa shape index (κ3) is 6.68. The molecule has 0 saturated carbocycles. The molecule has 0 aromatic heterocycles. The van der Waals surface area contributed by atoms with Crippen LogP contribution < -0.4 is 11.1 Å². The van der Waals surface area contributed by atoms with Crippen LogP contribution in [0.1, 0.15) is 33.1 Å². The molecule has 0 aromatic rings. The minimum absolute atomic E-state index is 0.200. The van der Waals surface area contributed by atoms with Gasteiger partial charge in [-0.3, -0.25) is 4.79 Å². The summed E-state index contributed by atoms with van der Waals surface area (Å²) in [6, 6.07) is 0.0906. The van der Waals surface area contributed by atoms with Crippen LogP contribution in [0, 0.1) is 5.92 Å². The van der Waals surface area contributed by atoms with Gasteiger partial charge in [0.25, 0.3) is 0 Å². The number of amides is 1. The number of nitrogens with zero attached hydrogens (tertiary/aromatic N) is 2. The molecule has 0 aromatic carbocycles. The first kappa shape index (κ1) is 17.4. The number of nitrogens with two attached hydrogens (primary N) is 1. The van der Waals surface area contributed by atoms with Crippen molar-refractivity contribution in [2.45, 2.75) is 45.2 Å². The molecule has 3 N–H and O–H groups in total. The van der Waals surface area contributed by atoms with Crippen molar-refractivity contribution >= 4 is 5.91 Å². The lowest BCUT2D eigenvalue weighted by Crippen LogP contribution is -2.47. The fourth-order valence-corrected chi connectivity index (χ4v) is 2.93. The van der Waals surface area contributed by atoms with Crippen LogP contribution in [0.25, 0.3) is 0 Å². The van der Waals surface area contributed by atoms with E-state index in [1.54, 1.807) is 0 Å². The summed E-state index contributed by atoms with van der Waals surface area (Å²) >= 11 is 0. The Bertz CT molecular complexity index is 286. The Kier molecular flexibility index (Phi) is 7.48. The molecule has 1 aliphatic rings. The van der Waals surface area contributed by atoms with Crippen LogP contribution in [0.5, 0.6) is 0 Å². The zero-order chi connectivity index (χ0) is 15.1.